The topological polar surface area (TPSA) is 167 Å². The van der Waals surface area contributed by atoms with Crippen LogP contribution in [0, 0.1) is 11.5 Å². The van der Waals surface area contributed by atoms with E-state index in [0.29, 0.717) is 43.5 Å². The van der Waals surface area contributed by atoms with Crippen LogP contribution in [0.25, 0.3) is 10.9 Å². The number of aromatic amines is 1. The van der Waals surface area contributed by atoms with Crippen molar-refractivity contribution in [1.29, 1.82) is 5.26 Å². The number of guanidine groups is 1. The van der Waals surface area contributed by atoms with Gasteiger partial charge in [-0.25, -0.2) is 0 Å². The summed E-state index contributed by atoms with van der Waals surface area (Å²) in [5.74, 6) is -0.590. The van der Waals surface area contributed by atoms with E-state index in [1.165, 1.54) is 0 Å². The molecule has 0 unspecified atom stereocenters. The normalized spacial score (nSPS) is 16.1. The van der Waals surface area contributed by atoms with E-state index < -0.39 is 18.1 Å². The molecule has 0 saturated carbocycles. The van der Waals surface area contributed by atoms with E-state index in [-0.39, 0.29) is 40.6 Å². The van der Waals surface area contributed by atoms with Crippen molar-refractivity contribution in [1.82, 2.24) is 30.6 Å². The minimum absolute atomic E-state index is 0.0372. The lowest BCUT2D eigenvalue weighted by molar-refractivity contribution is -0.109. The third kappa shape index (κ3) is 5.44. The van der Waals surface area contributed by atoms with Crippen molar-refractivity contribution in [2.75, 3.05) is 26.2 Å². The number of aliphatic imine (C=N–C) groups is 1. The zero-order chi connectivity index (χ0) is 28.4. The number of amides is 2. The summed E-state index contributed by atoms with van der Waals surface area (Å²) >= 11 is 13.1. The van der Waals surface area contributed by atoms with Gasteiger partial charge >= 0.3 is 0 Å². The molecule has 40 heavy (non-hydrogen) atoms. The quantitative estimate of drug-likeness (QED) is 0.147. The number of halogens is 2. The number of carbonyl (C=O) groups excluding carboxylic acids is 3. The number of hydrogen-bond acceptors (Lipinski definition) is 7. The maximum absolute atomic E-state index is 13.2. The third-order valence-electron chi connectivity index (χ3n) is 6.89. The molecule has 3 heterocycles. The molecule has 2 amide bonds. The molecule has 1 aromatic heterocycles. The standard InChI is InChI=1S/C26H24Cl2N8O4/c27-20-5-16-9-35(25(40)14-1-2-15-7-32-34-21(15)6-14)4-3-19(16)23(28)22(20)24(39)33-17(12-37)8-30-26(31-13-29)36-10-18(38)11-36/h1-2,5-7,12,17-18,38H,3-4,8-11H2,(H,30,31)(H,32,34)(H,33,39)/t17-/m0/s1. The van der Waals surface area contributed by atoms with Crippen LogP contribution in [0.5, 0.6) is 0 Å². The number of aliphatic hydroxyl groups excluding tert-OH is 1. The van der Waals surface area contributed by atoms with Gasteiger partial charge in [0.1, 0.15) is 12.3 Å². The number of likely N-dealkylation sites (tertiary alicyclic amines) is 1. The molecule has 12 nitrogen and oxygen atoms in total. The number of nitrogens with zero attached hydrogens (tertiary/aromatic N) is 5. The molecule has 5 rings (SSSR count). The van der Waals surface area contributed by atoms with Crippen LogP contribution >= 0.6 is 23.2 Å². The number of aliphatic hydroxyl groups is 1. The predicted molar refractivity (Wildman–Crippen MR) is 147 cm³/mol. The van der Waals surface area contributed by atoms with Gasteiger partial charge in [-0.15, -0.1) is 4.99 Å². The van der Waals surface area contributed by atoms with Crippen LogP contribution in [0.2, 0.25) is 10.0 Å². The van der Waals surface area contributed by atoms with Crippen molar-refractivity contribution in [2.45, 2.75) is 25.1 Å². The Balaban J connectivity index is 1.27. The van der Waals surface area contributed by atoms with Gasteiger partial charge in [-0.05, 0) is 35.7 Å². The first-order chi connectivity index (χ1) is 19.3. The van der Waals surface area contributed by atoms with Gasteiger partial charge in [0.15, 0.2) is 0 Å². The van der Waals surface area contributed by atoms with Crippen LogP contribution in [0.4, 0.5) is 0 Å². The Labute approximate surface area is 238 Å². The molecule has 0 bridgehead atoms. The molecule has 2 aliphatic heterocycles. The summed E-state index contributed by atoms with van der Waals surface area (Å²) in [6.45, 7) is 1.21. The number of nitrogens with one attached hydrogen (secondary N) is 3. The number of hydrogen-bond donors (Lipinski definition) is 4. The Morgan fingerprint density at radius 2 is 2.10 bits per heavy atom. The number of benzene rings is 2. The van der Waals surface area contributed by atoms with Gasteiger partial charge in [-0.3, -0.25) is 14.7 Å². The first-order valence-electron chi connectivity index (χ1n) is 12.4. The average Bonchev–Trinajstić information content (AvgIpc) is 3.40. The number of H-pyrrole nitrogens is 1. The molecule has 14 heteroatoms. The van der Waals surface area contributed by atoms with E-state index in [4.69, 9.17) is 28.5 Å². The molecule has 2 aliphatic rings. The lowest BCUT2D eigenvalue weighted by Crippen LogP contribution is -2.58. The fourth-order valence-electron chi connectivity index (χ4n) is 4.76. The number of aldehydes is 1. The lowest BCUT2D eigenvalue weighted by atomic mass is 9.96. The SMILES string of the molecule is N#C/N=C(\NC[C@@H](C=O)NC(=O)c1c(Cl)cc2c(c1Cl)CCN(C(=O)c1ccc3cn[nH]c3c1)C2)N1CC(O)C1. The molecule has 1 atom stereocenters. The van der Waals surface area contributed by atoms with Gasteiger partial charge in [0.05, 0.1) is 33.4 Å². The maximum atomic E-state index is 13.2. The van der Waals surface area contributed by atoms with Gasteiger partial charge in [-0.2, -0.15) is 10.4 Å². The van der Waals surface area contributed by atoms with Crippen LogP contribution in [-0.4, -0.2) is 87.5 Å². The van der Waals surface area contributed by atoms with E-state index in [1.54, 1.807) is 40.4 Å². The smallest absolute Gasteiger partial charge is 0.254 e. The third-order valence-corrected chi connectivity index (χ3v) is 7.60. The lowest BCUT2D eigenvalue weighted by Gasteiger charge is -2.38. The number of aromatic nitrogens is 2. The van der Waals surface area contributed by atoms with Crippen LogP contribution in [0.15, 0.2) is 35.5 Å². The van der Waals surface area contributed by atoms with Crippen molar-refractivity contribution in [2.24, 2.45) is 4.99 Å². The van der Waals surface area contributed by atoms with Crippen LogP contribution in [-0.2, 0) is 17.8 Å². The average molecular weight is 583 g/mol. The predicted octanol–water partition coefficient (Wildman–Crippen LogP) is 1.47. The summed E-state index contributed by atoms with van der Waals surface area (Å²) in [4.78, 5) is 45.0. The second-order valence-electron chi connectivity index (χ2n) is 9.52. The first kappa shape index (κ1) is 27.4. The highest BCUT2D eigenvalue weighted by molar-refractivity contribution is 6.40. The second-order valence-corrected chi connectivity index (χ2v) is 10.3. The minimum Gasteiger partial charge on any atom is -0.389 e. The summed E-state index contributed by atoms with van der Waals surface area (Å²) in [7, 11) is 0. The highest BCUT2D eigenvalue weighted by atomic mass is 35.5. The van der Waals surface area contributed by atoms with Gasteiger partial charge in [0.2, 0.25) is 12.2 Å². The Morgan fingerprint density at radius 1 is 1.30 bits per heavy atom. The largest absolute Gasteiger partial charge is 0.389 e. The van der Waals surface area contributed by atoms with E-state index in [0.717, 1.165) is 16.5 Å². The fraction of sp³-hybridized carbons (Fsp3) is 0.308. The molecular formula is C26H24Cl2N8O4. The maximum Gasteiger partial charge on any atom is 0.254 e. The van der Waals surface area contributed by atoms with Gasteiger partial charge < -0.3 is 30.3 Å². The number of rotatable bonds is 6. The number of β-amino-alcohol motifs (C(OH)–C–C–N with tert-alkyl or cyclic N) is 1. The Bertz CT molecular complexity index is 1560. The van der Waals surface area contributed by atoms with E-state index in [9.17, 15) is 19.5 Å². The highest BCUT2D eigenvalue weighted by Crippen LogP contribution is 2.35. The van der Waals surface area contributed by atoms with Crippen molar-refractivity contribution < 1.29 is 19.5 Å². The van der Waals surface area contributed by atoms with Gasteiger partial charge in [0.25, 0.3) is 11.8 Å². The Hall–Kier alpha value is -4.18. The minimum atomic E-state index is -0.980. The fourth-order valence-corrected chi connectivity index (χ4v) is 5.52. The molecule has 0 aliphatic carbocycles. The van der Waals surface area contributed by atoms with Crippen LogP contribution in [0.3, 0.4) is 0 Å². The molecular weight excluding hydrogens is 559 g/mol. The van der Waals surface area contributed by atoms with E-state index >= 15 is 0 Å². The summed E-state index contributed by atoms with van der Waals surface area (Å²) in [5.41, 5.74) is 2.77. The van der Waals surface area contributed by atoms with Gasteiger partial charge in [-0.1, -0.05) is 29.3 Å². The summed E-state index contributed by atoms with van der Waals surface area (Å²) in [6.07, 6.45) is 3.80. The van der Waals surface area contributed by atoms with Crippen LogP contribution < -0.4 is 10.6 Å². The Kier molecular flexibility index (Phi) is 7.88. The summed E-state index contributed by atoms with van der Waals surface area (Å²) in [5, 5.41) is 31.9. The summed E-state index contributed by atoms with van der Waals surface area (Å²) in [6, 6.07) is 5.98. The monoisotopic (exact) mass is 582 g/mol. The molecule has 1 saturated heterocycles. The highest BCUT2D eigenvalue weighted by Gasteiger charge is 2.30. The molecule has 1 fully saturated rings. The number of fused-ring (bicyclic) bond motifs is 2. The Morgan fingerprint density at radius 3 is 2.83 bits per heavy atom. The first-order valence-corrected chi connectivity index (χ1v) is 13.2. The van der Waals surface area contributed by atoms with E-state index in [2.05, 4.69) is 25.8 Å². The van der Waals surface area contributed by atoms with Crippen molar-refractivity contribution >= 4 is 58.2 Å². The van der Waals surface area contributed by atoms with Crippen molar-refractivity contribution in [3.05, 3.63) is 62.8 Å². The zero-order valence-electron chi connectivity index (χ0n) is 21.0. The molecule has 0 radical (unpaired) electrons. The molecule has 2 aromatic carbocycles. The second kappa shape index (κ2) is 11.5. The van der Waals surface area contributed by atoms with Crippen LogP contribution in [0.1, 0.15) is 31.8 Å². The molecule has 206 valence electrons. The number of nitriles is 1. The van der Waals surface area contributed by atoms with Crippen molar-refractivity contribution in [3.63, 3.8) is 0 Å². The molecule has 0 spiro atoms. The number of carbonyl (C=O) groups is 3. The van der Waals surface area contributed by atoms with E-state index in [1.807, 2.05) is 6.07 Å². The zero-order valence-corrected chi connectivity index (χ0v) is 22.5. The van der Waals surface area contributed by atoms with Crippen molar-refractivity contribution in [3.8, 4) is 6.19 Å². The molecule has 3 aromatic rings. The summed E-state index contributed by atoms with van der Waals surface area (Å²) < 4.78 is 0. The molecule has 4 N–H and O–H groups in total. The van der Waals surface area contributed by atoms with Gasteiger partial charge in [0, 0.05) is 43.7 Å².